The van der Waals surface area contributed by atoms with Gasteiger partial charge < -0.3 is 9.84 Å². The predicted octanol–water partition coefficient (Wildman–Crippen LogP) is 1.94. The minimum Gasteiger partial charge on any atom is -0.478 e. The molecule has 1 aliphatic rings. The van der Waals surface area contributed by atoms with E-state index in [0.29, 0.717) is 12.0 Å². The van der Waals surface area contributed by atoms with Crippen LogP contribution in [0.5, 0.6) is 0 Å². The minimum absolute atomic E-state index is 0.210. The summed E-state index contributed by atoms with van der Waals surface area (Å²) in [4.78, 5) is 23.1. The number of rotatable bonds is 3. The smallest absolute Gasteiger partial charge is 0.353 e. The van der Waals surface area contributed by atoms with Crippen molar-refractivity contribution in [3.8, 4) is 0 Å². The molecule has 4 nitrogen and oxygen atoms in total. The van der Waals surface area contributed by atoms with Gasteiger partial charge in [0.2, 0.25) is 5.60 Å². The summed E-state index contributed by atoms with van der Waals surface area (Å²) < 4.78 is 5.16. The molecular formula is C13H14O4. The average molecular weight is 234 g/mol. The van der Waals surface area contributed by atoms with Gasteiger partial charge in [-0.3, -0.25) is 4.79 Å². The topological polar surface area (TPSA) is 63.6 Å². The lowest BCUT2D eigenvalue weighted by Gasteiger charge is -2.23. The Morgan fingerprint density at radius 2 is 2.12 bits per heavy atom. The maximum Gasteiger partial charge on any atom is 0.353 e. The first-order valence-corrected chi connectivity index (χ1v) is 5.62. The van der Waals surface area contributed by atoms with E-state index < -0.39 is 17.5 Å². The maximum absolute atomic E-state index is 11.6. The van der Waals surface area contributed by atoms with Crippen LogP contribution < -0.4 is 0 Å². The van der Waals surface area contributed by atoms with Crippen molar-refractivity contribution in [2.75, 3.05) is 0 Å². The Morgan fingerprint density at radius 1 is 1.47 bits per heavy atom. The van der Waals surface area contributed by atoms with Gasteiger partial charge in [-0.15, -0.1) is 0 Å². The fraction of sp³-hybridized carbons (Fsp3) is 0.385. The van der Waals surface area contributed by atoms with E-state index in [4.69, 9.17) is 4.74 Å². The van der Waals surface area contributed by atoms with Gasteiger partial charge >= 0.3 is 11.9 Å². The zero-order valence-corrected chi connectivity index (χ0v) is 9.55. The van der Waals surface area contributed by atoms with Gasteiger partial charge in [0.25, 0.3) is 0 Å². The van der Waals surface area contributed by atoms with Crippen LogP contribution in [0.2, 0.25) is 0 Å². The monoisotopic (exact) mass is 234 g/mol. The third-order valence-electron chi connectivity index (χ3n) is 3.22. The third-order valence-corrected chi connectivity index (χ3v) is 3.22. The number of aliphatic carboxylic acids is 1. The number of carboxylic acids is 1. The minimum atomic E-state index is -1.50. The number of hydrogen-bond donors (Lipinski definition) is 1. The molecule has 0 amide bonds. The molecule has 0 bridgehead atoms. The second kappa shape index (κ2) is 4.20. The summed E-state index contributed by atoms with van der Waals surface area (Å²) in [7, 11) is 0. The first-order valence-electron chi connectivity index (χ1n) is 5.62. The van der Waals surface area contributed by atoms with Gasteiger partial charge in [-0.1, -0.05) is 37.3 Å². The van der Waals surface area contributed by atoms with Crippen molar-refractivity contribution in [1.29, 1.82) is 0 Å². The quantitative estimate of drug-likeness (QED) is 0.812. The van der Waals surface area contributed by atoms with Gasteiger partial charge in [0.15, 0.2) is 0 Å². The molecule has 1 heterocycles. The molecule has 1 aromatic carbocycles. The number of hydrogen-bond acceptors (Lipinski definition) is 3. The van der Waals surface area contributed by atoms with E-state index in [2.05, 4.69) is 0 Å². The maximum atomic E-state index is 11.6. The predicted molar refractivity (Wildman–Crippen MR) is 60.2 cm³/mol. The lowest BCUT2D eigenvalue weighted by atomic mass is 9.86. The van der Waals surface area contributed by atoms with E-state index in [0.717, 1.165) is 0 Å². The highest BCUT2D eigenvalue weighted by molar-refractivity contribution is 5.88. The van der Waals surface area contributed by atoms with Crippen LogP contribution in [0.4, 0.5) is 0 Å². The van der Waals surface area contributed by atoms with Crippen LogP contribution in [-0.2, 0) is 19.9 Å². The second-order valence-corrected chi connectivity index (χ2v) is 4.23. The van der Waals surface area contributed by atoms with Crippen LogP contribution in [0, 0.1) is 5.92 Å². The van der Waals surface area contributed by atoms with E-state index in [1.165, 1.54) is 0 Å². The van der Waals surface area contributed by atoms with Crippen molar-refractivity contribution in [2.24, 2.45) is 5.92 Å². The van der Waals surface area contributed by atoms with Crippen molar-refractivity contribution in [2.45, 2.75) is 25.4 Å². The first kappa shape index (κ1) is 11.6. The average Bonchev–Trinajstić information content (AvgIpc) is 2.69. The number of carboxylic acid groups (broad SMARTS) is 1. The molecule has 1 aromatic rings. The molecule has 1 aliphatic heterocycles. The van der Waals surface area contributed by atoms with Crippen LogP contribution in [0.25, 0.3) is 0 Å². The Labute approximate surface area is 99.2 Å². The number of carbonyl (C=O) groups is 2. The van der Waals surface area contributed by atoms with Gasteiger partial charge in [-0.05, 0) is 6.42 Å². The highest BCUT2D eigenvalue weighted by Crippen LogP contribution is 2.41. The summed E-state index contributed by atoms with van der Waals surface area (Å²) in [5.41, 5.74) is -0.976. The highest BCUT2D eigenvalue weighted by Gasteiger charge is 2.53. The van der Waals surface area contributed by atoms with Crippen LogP contribution >= 0.6 is 0 Å². The van der Waals surface area contributed by atoms with E-state index >= 15 is 0 Å². The summed E-state index contributed by atoms with van der Waals surface area (Å²) in [6, 6.07) is 8.65. The standard InChI is InChI=1S/C13H14O4/c1-2-9-8-13(12(15)16,17-11(9)14)10-6-4-3-5-7-10/h3-7,9H,2,8H2,1H3,(H,15,16). The van der Waals surface area contributed by atoms with Crippen molar-refractivity contribution in [3.63, 3.8) is 0 Å². The molecule has 90 valence electrons. The van der Waals surface area contributed by atoms with Gasteiger partial charge in [0.05, 0.1) is 5.92 Å². The molecule has 1 saturated heterocycles. The summed E-state index contributed by atoms with van der Waals surface area (Å²) >= 11 is 0. The van der Waals surface area contributed by atoms with Gasteiger partial charge in [0.1, 0.15) is 0 Å². The van der Waals surface area contributed by atoms with E-state index in [1.807, 2.05) is 6.92 Å². The molecule has 2 atom stereocenters. The van der Waals surface area contributed by atoms with Crippen LogP contribution in [0.3, 0.4) is 0 Å². The Morgan fingerprint density at radius 3 is 2.59 bits per heavy atom. The fourth-order valence-electron chi connectivity index (χ4n) is 2.18. The normalized spacial score (nSPS) is 27.8. The summed E-state index contributed by atoms with van der Waals surface area (Å²) in [6.45, 7) is 1.86. The molecule has 1 fully saturated rings. The van der Waals surface area contributed by atoms with Crippen LogP contribution in [0.15, 0.2) is 30.3 Å². The van der Waals surface area contributed by atoms with Gasteiger partial charge in [-0.25, -0.2) is 4.79 Å². The number of esters is 1. The molecule has 0 aliphatic carbocycles. The lowest BCUT2D eigenvalue weighted by molar-refractivity contribution is -0.171. The molecule has 2 rings (SSSR count). The van der Waals surface area contributed by atoms with E-state index in [-0.39, 0.29) is 12.3 Å². The van der Waals surface area contributed by atoms with E-state index in [1.54, 1.807) is 30.3 Å². The number of cyclic esters (lactones) is 1. The van der Waals surface area contributed by atoms with Crippen LogP contribution in [0.1, 0.15) is 25.3 Å². The zero-order valence-electron chi connectivity index (χ0n) is 9.55. The molecule has 4 heteroatoms. The zero-order chi connectivity index (χ0) is 12.5. The Hall–Kier alpha value is -1.84. The molecule has 17 heavy (non-hydrogen) atoms. The lowest BCUT2D eigenvalue weighted by Crippen LogP contribution is -2.35. The number of ether oxygens (including phenoxy) is 1. The largest absolute Gasteiger partial charge is 0.478 e. The molecule has 0 spiro atoms. The Balaban J connectivity index is 2.43. The van der Waals surface area contributed by atoms with E-state index in [9.17, 15) is 14.7 Å². The van der Waals surface area contributed by atoms with Crippen LogP contribution in [-0.4, -0.2) is 17.0 Å². The summed E-state index contributed by atoms with van der Waals surface area (Å²) in [5, 5.41) is 9.37. The molecule has 2 unspecified atom stereocenters. The van der Waals surface area contributed by atoms with Gasteiger partial charge in [-0.2, -0.15) is 0 Å². The fourth-order valence-corrected chi connectivity index (χ4v) is 2.18. The van der Waals surface area contributed by atoms with Crippen molar-refractivity contribution < 1.29 is 19.4 Å². The van der Waals surface area contributed by atoms with Gasteiger partial charge in [0, 0.05) is 12.0 Å². The Kier molecular flexibility index (Phi) is 2.88. The SMILES string of the molecule is CCC1CC(C(=O)O)(c2ccccc2)OC1=O. The summed E-state index contributed by atoms with van der Waals surface area (Å²) in [6.07, 6.45) is 0.808. The second-order valence-electron chi connectivity index (χ2n) is 4.23. The molecule has 1 N–H and O–H groups in total. The van der Waals surface area contributed by atoms with Crippen molar-refractivity contribution in [3.05, 3.63) is 35.9 Å². The first-order chi connectivity index (χ1) is 8.10. The molecule has 0 radical (unpaired) electrons. The van der Waals surface area contributed by atoms with Crippen molar-refractivity contribution in [1.82, 2.24) is 0 Å². The third kappa shape index (κ3) is 1.79. The highest BCUT2D eigenvalue weighted by atomic mass is 16.6. The molecule has 0 saturated carbocycles. The molecule has 0 aromatic heterocycles. The number of carbonyl (C=O) groups excluding carboxylic acids is 1. The number of benzene rings is 1. The summed E-state index contributed by atoms with van der Waals surface area (Å²) in [5.74, 6) is -1.85. The molecular weight excluding hydrogens is 220 g/mol. The van der Waals surface area contributed by atoms with Crippen molar-refractivity contribution >= 4 is 11.9 Å². The Bertz CT molecular complexity index is 440.